The predicted octanol–water partition coefficient (Wildman–Crippen LogP) is 2.12. The molecule has 0 atom stereocenters. The molecule has 20 heavy (non-hydrogen) atoms. The fourth-order valence-electron chi connectivity index (χ4n) is 2.46. The van der Waals surface area contributed by atoms with Gasteiger partial charge in [-0.2, -0.15) is 5.10 Å². The van der Waals surface area contributed by atoms with Gasteiger partial charge >= 0.3 is 0 Å². The Kier molecular flexibility index (Phi) is 2.26. The number of pyridine rings is 1. The Balaban J connectivity index is 1.87. The molecule has 1 aliphatic rings. The lowest BCUT2D eigenvalue weighted by atomic mass is 9.98. The Morgan fingerprint density at radius 2 is 2.10 bits per heavy atom. The Hall–Kier alpha value is -2.82. The first-order chi connectivity index (χ1) is 9.81. The zero-order valence-corrected chi connectivity index (χ0v) is 10.5. The number of aromatic nitrogens is 3. The van der Waals surface area contributed by atoms with Crippen LogP contribution in [0.4, 0.5) is 0 Å². The molecule has 0 aliphatic carbocycles. The van der Waals surface area contributed by atoms with E-state index in [0.29, 0.717) is 12.5 Å². The molecule has 0 saturated carbocycles. The van der Waals surface area contributed by atoms with Gasteiger partial charge in [0.1, 0.15) is 6.61 Å². The summed E-state index contributed by atoms with van der Waals surface area (Å²) in [7, 11) is 0. The third-order valence-corrected chi connectivity index (χ3v) is 3.40. The molecule has 2 aromatic heterocycles. The third-order valence-electron chi connectivity index (χ3n) is 3.40. The van der Waals surface area contributed by atoms with Crippen LogP contribution in [0.15, 0.2) is 53.6 Å². The second-order valence-corrected chi connectivity index (χ2v) is 4.65. The van der Waals surface area contributed by atoms with Gasteiger partial charge < -0.3 is 4.74 Å². The smallest absolute Gasteiger partial charge is 0.250 e. The average molecular weight is 265 g/mol. The van der Waals surface area contributed by atoms with Gasteiger partial charge in [-0.25, -0.2) is 4.68 Å². The average Bonchev–Trinajstić information content (AvgIpc) is 3.00. The summed E-state index contributed by atoms with van der Waals surface area (Å²) in [5.41, 5.74) is 3.92. The van der Waals surface area contributed by atoms with Gasteiger partial charge in [0.05, 0.1) is 5.69 Å². The number of rotatable bonds is 1. The van der Waals surface area contributed by atoms with Gasteiger partial charge in [0.25, 0.3) is 5.56 Å². The number of aromatic amines is 1. The SMILES string of the molecule is O=c1ccc2c([nH]1)OCc1cc(-n3cccn3)ccc1-2. The van der Waals surface area contributed by atoms with E-state index >= 15 is 0 Å². The van der Waals surface area contributed by atoms with Crippen LogP contribution in [0.2, 0.25) is 0 Å². The highest BCUT2D eigenvalue weighted by atomic mass is 16.5. The maximum Gasteiger partial charge on any atom is 0.250 e. The number of nitrogens with one attached hydrogen (secondary N) is 1. The second-order valence-electron chi connectivity index (χ2n) is 4.65. The maximum absolute atomic E-state index is 11.3. The molecule has 1 aliphatic heterocycles. The normalized spacial score (nSPS) is 12.4. The van der Waals surface area contributed by atoms with Crippen molar-refractivity contribution in [2.45, 2.75) is 6.61 Å². The molecule has 5 heteroatoms. The van der Waals surface area contributed by atoms with Crippen LogP contribution in [0, 0.1) is 0 Å². The van der Waals surface area contributed by atoms with Crippen molar-refractivity contribution in [2.75, 3.05) is 0 Å². The number of hydrogen-bond acceptors (Lipinski definition) is 3. The standard InChI is InChI=1S/C15H11N3O2/c19-14-5-4-13-12-3-2-11(18-7-1-6-16-18)8-10(12)9-20-15(13)17-14/h1-8H,9H2,(H,17,19). The van der Waals surface area contributed by atoms with Gasteiger partial charge in [0.15, 0.2) is 0 Å². The van der Waals surface area contributed by atoms with E-state index in [0.717, 1.165) is 22.4 Å². The Labute approximate surface area is 114 Å². The van der Waals surface area contributed by atoms with Crippen molar-refractivity contribution in [1.82, 2.24) is 14.8 Å². The highest BCUT2D eigenvalue weighted by molar-refractivity contribution is 5.74. The summed E-state index contributed by atoms with van der Waals surface area (Å²) < 4.78 is 7.43. The predicted molar refractivity (Wildman–Crippen MR) is 74.0 cm³/mol. The largest absolute Gasteiger partial charge is 0.474 e. The molecule has 1 N–H and O–H groups in total. The van der Waals surface area contributed by atoms with Crippen molar-refractivity contribution >= 4 is 0 Å². The summed E-state index contributed by atoms with van der Waals surface area (Å²) in [5.74, 6) is 0.539. The van der Waals surface area contributed by atoms with E-state index in [2.05, 4.69) is 16.1 Å². The van der Waals surface area contributed by atoms with Crippen LogP contribution >= 0.6 is 0 Å². The van der Waals surface area contributed by atoms with Gasteiger partial charge in [-0.3, -0.25) is 9.78 Å². The van der Waals surface area contributed by atoms with Crippen molar-refractivity contribution in [3.8, 4) is 22.7 Å². The van der Waals surface area contributed by atoms with Crippen LogP contribution in [0.5, 0.6) is 5.88 Å². The molecular weight excluding hydrogens is 254 g/mol. The summed E-state index contributed by atoms with van der Waals surface area (Å²) in [6.45, 7) is 0.442. The first-order valence-electron chi connectivity index (χ1n) is 6.31. The van der Waals surface area contributed by atoms with Gasteiger partial charge in [0, 0.05) is 24.0 Å². The third kappa shape index (κ3) is 1.64. The molecule has 4 rings (SSSR count). The molecule has 0 bridgehead atoms. The van der Waals surface area contributed by atoms with Crippen molar-refractivity contribution < 1.29 is 4.74 Å². The van der Waals surface area contributed by atoms with Gasteiger partial charge in [-0.1, -0.05) is 6.07 Å². The van der Waals surface area contributed by atoms with E-state index in [4.69, 9.17) is 4.74 Å². The summed E-state index contributed by atoms with van der Waals surface area (Å²) in [6.07, 6.45) is 3.65. The molecule has 0 saturated heterocycles. The van der Waals surface area contributed by atoms with Crippen LogP contribution in [0.25, 0.3) is 16.8 Å². The van der Waals surface area contributed by atoms with E-state index in [1.165, 1.54) is 6.07 Å². The number of fused-ring (bicyclic) bond motifs is 3. The number of nitrogens with zero attached hydrogens (tertiary/aromatic N) is 2. The summed E-state index contributed by atoms with van der Waals surface area (Å²) in [4.78, 5) is 14.0. The van der Waals surface area contributed by atoms with Crippen molar-refractivity contribution in [2.24, 2.45) is 0 Å². The number of benzene rings is 1. The molecule has 5 nitrogen and oxygen atoms in total. The van der Waals surface area contributed by atoms with Crippen molar-refractivity contribution in [3.05, 3.63) is 64.7 Å². The highest BCUT2D eigenvalue weighted by Crippen LogP contribution is 2.35. The van der Waals surface area contributed by atoms with Gasteiger partial charge in [-0.15, -0.1) is 0 Å². The van der Waals surface area contributed by atoms with Crippen LogP contribution in [0.1, 0.15) is 5.56 Å². The number of ether oxygens (including phenoxy) is 1. The first kappa shape index (κ1) is 11.0. The maximum atomic E-state index is 11.3. The monoisotopic (exact) mass is 265 g/mol. The molecule has 0 unspecified atom stereocenters. The van der Waals surface area contributed by atoms with Crippen molar-refractivity contribution in [1.29, 1.82) is 0 Å². The lowest BCUT2D eigenvalue weighted by molar-refractivity contribution is 0.289. The molecule has 0 fully saturated rings. The van der Waals surface area contributed by atoms with Crippen LogP contribution in [-0.4, -0.2) is 14.8 Å². The lowest BCUT2D eigenvalue weighted by Crippen LogP contribution is -2.13. The molecule has 98 valence electrons. The summed E-state index contributed by atoms with van der Waals surface area (Å²) >= 11 is 0. The van der Waals surface area contributed by atoms with E-state index in [1.807, 2.05) is 29.1 Å². The van der Waals surface area contributed by atoms with E-state index in [1.54, 1.807) is 12.3 Å². The van der Waals surface area contributed by atoms with E-state index in [9.17, 15) is 4.79 Å². The fourth-order valence-corrected chi connectivity index (χ4v) is 2.46. The zero-order valence-electron chi connectivity index (χ0n) is 10.5. The van der Waals surface area contributed by atoms with Crippen LogP contribution in [-0.2, 0) is 6.61 Å². The topological polar surface area (TPSA) is 59.9 Å². The van der Waals surface area contributed by atoms with Crippen molar-refractivity contribution in [3.63, 3.8) is 0 Å². The zero-order chi connectivity index (χ0) is 13.5. The summed E-state index contributed by atoms with van der Waals surface area (Å²) in [6, 6.07) is 11.3. The van der Waals surface area contributed by atoms with Gasteiger partial charge in [0.2, 0.25) is 5.88 Å². The second kappa shape index (κ2) is 4.09. The van der Waals surface area contributed by atoms with Gasteiger partial charge in [-0.05, 0) is 35.4 Å². The van der Waals surface area contributed by atoms with Crippen LogP contribution < -0.4 is 10.3 Å². The number of H-pyrrole nitrogens is 1. The minimum Gasteiger partial charge on any atom is -0.474 e. The molecule has 0 radical (unpaired) electrons. The molecule has 3 heterocycles. The lowest BCUT2D eigenvalue weighted by Gasteiger charge is -2.20. The fraction of sp³-hybridized carbons (Fsp3) is 0.0667. The Morgan fingerprint density at radius 1 is 1.20 bits per heavy atom. The number of hydrogen-bond donors (Lipinski definition) is 1. The van der Waals surface area contributed by atoms with Crippen LogP contribution in [0.3, 0.4) is 0 Å². The highest BCUT2D eigenvalue weighted by Gasteiger charge is 2.18. The summed E-state index contributed by atoms with van der Waals surface area (Å²) in [5, 5.41) is 4.22. The minimum atomic E-state index is -0.152. The Morgan fingerprint density at radius 3 is 2.95 bits per heavy atom. The molecule has 3 aromatic rings. The molecule has 0 spiro atoms. The van der Waals surface area contributed by atoms with E-state index in [-0.39, 0.29) is 5.56 Å². The Bertz CT molecular complexity index is 835. The molecule has 0 amide bonds. The van der Waals surface area contributed by atoms with E-state index < -0.39 is 0 Å². The molecule has 1 aromatic carbocycles. The molecular formula is C15H11N3O2. The quantitative estimate of drug-likeness (QED) is 0.733. The minimum absolute atomic E-state index is 0.152. The first-order valence-corrected chi connectivity index (χ1v) is 6.31.